The Balaban J connectivity index is 2.87. The Hall–Kier alpha value is -1.58. The summed E-state index contributed by atoms with van der Waals surface area (Å²) >= 11 is 0. The van der Waals surface area contributed by atoms with Gasteiger partial charge < -0.3 is 10.4 Å². The van der Waals surface area contributed by atoms with E-state index in [-0.39, 0.29) is 6.04 Å². The number of aromatic carboxylic acids is 1. The number of hydrogen-bond donors (Lipinski definition) is 2. The number of carboxylic acids is 1. The van der Waals surface area contributed by atoms with Crippen molar-refractivity contribution in [3.8, 4) is 0 Å². The van der Waals surface area contributed by atoms with Crippen LogP contribution in [0.2, 0.25) is 0 Å². The van der Waals surface area contributed by atoms with Crippen molar-refractivity contribution in [3.63, 3.8) is 0 Å². The summed E-state index contributed by atoms with van der Waals surface area (Å²) < 4.78 is 0. The first kappa shape index (κ1) is 14.5. The van der Waals surface area contributed by atoms with Crippen molar-refractivity contribution in [2.45, 2.75) is 46.6 Å². The predicted octanol–water partition coefficient (Wildman–Crippen LogP) is 3.19. The third-order valence-electron chi connectivity index (χ3n) is 2.71. The summed E-state index contributed by atoms with van der Waals surface area (Å²) in [7, 11) is 0. The second-order valence-corrected chi connectivity index (χ2v) is 5.07. The Labute approximate surface area is 108 Å². The third kappa shape index (κ3) is 4.35. The van der Waals surface area contributed by atoms with Crippen molar-refractivity contribution in [2.75, 3.05) is 5.32 Å². The first-order chi connectivity index (χ1) is 8.42. The number of carboxylic acid groups (broad SMARTS) is 1. The van der Waals surface area contributed by atoms with Crippen LogP contribution in [0.25, 0.3) is 0 Å². The fourth-order valence-corrected chi connectivity index (χ4v) is 1.98. The summed E-state index contributed by atoms with van der Waals surface area (Å²) in [6.07, 6.45) is 1.76. The number of carbonyl (C=O) groups is 1. The van der Waals surface area contributed by atoms with Crippen LogP contribution in [-0.4, -0.2) is 22.1 Å². The van der Waals surface area contributed by atoms with E-state index < -0.39 is 5.97 Å². The van der Waals surface area contributed by atoms with Gasteiger partial charge in [0.1, 0.15) is 5.82 Å². The highest BCUT2D eigenvalue weighted by Gasteiger charge is 2.10. The Morgan fingerprint density at radius 3 is 2.56 bits per heavy atom. The molecule has 1 rings (SSSR count). The predicted molar refractivity (Wildman–Crippen MR) is 73.1 cm³/mol. The minimum Gasteiger partial charge on any atom is -0.478 e. The van der Waals surface area contributed by atoms with Crippen molar-refractivity contribution < 1.29 is 9.90 Å². The van der Waals surface area contributed by atoms with E-state index in [0.717, 1.165) is 18.5 Å². The average Bonchev–Trinajstić information content (AvgIpc) is 2.27. The standard InChI is InChI=1S/C14H22N2O2/c1-5-12-7-11(14(17)18)8-13(16-12)15-10(4)6-9(2)3/h7-10H,5-6H2,1-4H3,(H,15,16)(H,17,18). The van der Waals surface area contributed by atoms with E-state index in [1.54, 1.807) is 12.1 Å². The van der Waals surface area contributed by atoms with Gasteiger partial charge >= 0.3 is 5.97 Å². The minimum absolute atomic E-state index is 0.284. The quantitative estimate of drug-likeness (QED) is 0.814. The maximum atomic E-state index is 11.0. The molecule has 1 unspecified atom stereocenters. The SMILES string of the molecule is CCc1cc(C(=O)O)cc(NC(C)CC(C)C)n1. The molecule has 1 heterocycles. The number of anilines is 1. The highest BCUT2D eigenvalue weighted by molar-refractivity contribution is 5.88. The van der Waals surface area contributed by atoms with Crippen LogP contribution in [0.5, 0.6) is 0 Å². The van der Waals surface area contributed by atoms with Crippen LogP contribution in [0.1, 0.15) is 50.2 Å². The number of nitrogens with zero attached hydrogens (tertiary/aromatic N) is 1. The fraction of sp³-hybridized carbons (Fsp3) is 0.571. The van der Waals surface area contributed by atoms with Crippen LogP contribution in [0.15, 0.2) is 12.1 Å². The van der Waals surface area contributed by atoms with Crippen LogP contribution in [0, 0.1) is 5.92 Å². The van der Waals surface area contributed by atoms with Gasteiger partial charge in [0.2, 0.25) is 0 Å². The minimum atomic E-state index is -0.910. The van der Waals surface area contributed by atoms with Gasteiger partial charge in [-0.3, -0.25) is 0 Å². The summed E-state index contributed by atoms with van der Waals surface area (Å²) in [6, 6.07) is 3.50. The van der Waals surface area contributed by atoms with E-state index in [1.807, 2.05) is 6.92 Å². The monoisotopic (exact) mass is 250 g/mol. The van der Waals surface area contributed by atoms with Gasteiger partial charge in [-0.25, -0.2) is 9.78 Å². The normalized spacial score (nSPS) is 12.5. The van der Waals surface area contributed by atoms with Crippen LogP contribution < -0.4 is 5.32 Å². The zero-order valence-corrected chi connectivity index (χ0v) is 11.5. The summed E-state index contributed by atoms with van der Waals surface area (Å²) in [4.78, 5) is 15.4. The molecule has 0 aliphatic heterocycles. The third-order valence-corrected chi connectivity index (χ3v) is 2.71. The first-order valence-electron chi connectivity index (χ1n) is 6.43. The molecule has 0 radical (unpaired) electrons. The molecule has 4 nitrogen and oxygen atoms in total. The molecule has 0 aliphatic rings. The Kier molecular flexibility index (Phi) is 5.13. The molecule has 4 heteroatoms. The first-order valence-corrected chi connectivity index (χ1v) is 6.43. The molecule has 0 bridgehead atoms. The van der Waals surface area contributed by atoms with Crippen LogP contribution >= 0.6 is 0 Å². The molecule has 0 spiro atoms. The molecule has 0 fully saturated rings. The Morgan fingerprint density at radius 1 is 1.39 bits per heavy atom. The molecule has 0 saturated heterocycles. The second-order valence-electron chi connectivity index (χ2n) is 5.07. The van der Waals surface area contributed by atoms with E-state index in [9.17, 15) is 4.79 Å². The van der Waals surface area contributed by atoms with Gasteiger partial charge in [-0.15, -0.1) is 0 Å². The van der Waals surface area contributed by atoms with E-state index in [2.05, 4.69) is 31.1 Å². The summed E-state index contributed by atoms with van der Waals surface area (Å²) in [6.45, 7) is 8.38. The summed E-state index contributed by atoms with van der Waals surface area (Å²) in [5, 5.41) is 12.3. The molecule has 18 heavy (non-hydrogen) atoms. The highest BCUT2D eigenvalue weighted by atomic mass is 16.4. The van der Waals surface area contributed by atoms with Crippen molar-refractivity contribution in [1.82, 2.24) is 4.98 Å². The molecule has 1 aromatic heterocycles. The van der Waals surface area contributed by atoms with Gasteiger partial charge in [0.25, 0.3) is 0 Å². The van der Waals surface area contributed by atoms with E-state index in [4.69, 9.17) is 5.11 Å². The van der Waals surface area contributed by atoms with Gasteiger partial charge in [0.05, 0.1) is 5.56 Å². The van der Waals surface area contributed by atoms with Gasteiger partial charge in [-0.2, -0.15) is 0 Å². The maximum absolute atomic E-state index is 11.0. The van der Waals surface area contributed by atoms with Crippen LogP contribution in [0.3, 0.4) is 0 Å². The molecular formula is C14H22N2O2. The number of pyridine rings is 1. The van der Waals surface area contributed by atoms with E-state index in [1.165, 1.54) is 0 Å². The molecule has 1 aromatic rings. The van der Waals surface area contributed by atoms with E-state index >= 15 is 0 Å². The van der Waals surface area contributed by atoms with E-state index in [0.29, 0.717) is 17.3 Å². The van der Waals surface area contributed by atoms with Gasteiger partial charge in [0, 0.05) is 11.7 Å². The smallest absolute Gasteiger partial charge is 0.335 e. The summed E-state index contributed by atoms with van der Waals surface area (Å²) in [5.74, 6) is 0.340. The number of hydrogen-bond acceptors (Lipinski definition) is 3. The van der Waals surface area contributed by atoms with Crippen LogP contribution in [-0.2, 0) is 6.42 Å². The Morgan fingerprint density at radius 2 is 2.06 bits per heavy atom. The fourth-order valence-electron chi connectivity index (χ4n) is 1.98. The zero-order chi connectivity index (χ0) is 13.7. The van der Waals surface area contributed by atoms with Crippen molar-refractivity contribution in [2.24, 2.45) is 5.92 Å². The zero-order valence-electron chi connectivity index (χ0n) is 11.5. The molecule has 1 atom stereocenters. The number of rotatable bonds is 6. The maximum Gasteiger partial charge on any atom is 0.335 e. The lowest BCUT2D eigenvalue weighted by Crippen LogP contribution is -2.19. The molecule has 0 saturated carbocycles. The molecular weight excluding hydrogens is 228 g/mol. The largest absolute Gasteiger partial charge is 0.478 e. The number of aromatic nitrogens is 1. The van der Waals surface area contributed by atoms with Crippen molar-refractivity contribution >= 4 is 11.8 Å². The number of nitrogens with one attached hydrogen (secondary N) is 1. The van der Waals surface area contributed by atoms with Gasteiger partial charge in [-0.1, -0.05) is 20.8 Å². The molecule has 0 aromatic carbocycles. The summed E-state index contributed by atoms with van der Waals surface area (Å²) in [5.41, 5.74) is 1.09. The van der Waals surface area contributed by atoms with Crippen molar-refractivity contribution in [1.29, 1.82) is 0 Å². The van der Waals surface area contributed by atoms with Gasteiger partial charge in [0.15, 0.2) is 0 Å². The van der Waals surface area contributed by atoms with Gasteiger partial charge in [-0.05, 0) is 37.8 Å². The Bertz CT molecular complexity index is 416. The van der Waals surface area contributed by atoms with Crippen LogP contribution in [0.4, 0.5) is 5.82 Å². The molecule has 0 amide bonds. The second kappa shape index (κ2) is 6.38. The lowest BCUT2D eigenvalue weighted by atomic mass is 10.1. The highest BCUT2D eigenvalue weighted by Crippen LogP contribution is 2.15. The topological polar surface area (TPSA) is 62.2 Å². The average molecular weight is 250 g/mol. The number of aryl methyl sites for hydroxylation is 1. The molecule has 0 aliphatic carbocycles. The lowest BCUT2D eigenvalue weighted by molar-refractivity contribution is 0.0696. The van der Waals surface area contributed by atoms with Crippen molar-refractivity contribution in [3.05, 3.63) is 23.4 Å². The molecule has 2 N–H and O–H groups in total. The lowest BCUT2D eigenvalue weighted by Gasteiger charge is -2.17. The molecule has 100 valence electrons.